The fraction of sp³-hybridized carbons (Fsp3) is 0.833. The molecule has 0 amide bonds. The molecule has 0 aliphatic heterocycles. The van der Waals surface area contributed by atoms with E-state index in [0.717, 1.165) is 31.2 Å². The molecule has 1 heterocycles. The van der Waals surface area contributed by atoms with Gasteiger partial charge in [-0.15, -0.1) is 0 Å². The van der Waals surface area contributed by atoms with Gasteiger partial charge in [0, 0.05) is 25.2 Å². The van der Waals surface area contributed by atoms with Crippen LogP contribution in [0.4, 0.5) is 0 Å². The third-order valence-corrected chi connectivity index (χ3v) is 5.25. The average molecular weight is 291 g/mol. The lowest BCUT2D eigenvalue weighted by molar-refractivity contribution is 0.207. The molecule has 1 aromatic rings. The van der Waals surface area contributed by atoms with Gasteiger partial charge in [0.15, 0.2) is 0 Å². The lowest BCUT2D eigenvalue weighted by Gasteiger charge is -2.34. The first-order chi connectivity index (χ1) is 10.2. The minimum Gasteiger partial charge on any atom is -0.314 e. The zero-order chi connectivity index (χ0) is 15.2. The van der Waals surface area contributed by atoms with E-state index in [2.05, 4.69) is 49.0 Å². The molecule has 0 bridgehead atoms. The second-order valence-corrected chi connectivity index (χ2v) is 6.67. The number of aryl methyl sites for hydroxylation is 2. The number of hydrogen-bond donors (Lipinski definition) is 1. The van der Waals surface area contributed by atoms with Gasteiger partial charge in [-0.05, 0) is 43.7 Å². The Morgan fingerprint density at radius 2 is 2.14 bits per heavy atom. The van der Waals surface area contributed by atoms with E-state index in [9.17, 15) is 0 Å². The third-order valence-electron chi connectivity index (χ3n) is 5.25. The van der Waals surface area contributed by atoms with Crippen LogP contribution in [0.5, 0.6) is 0 Å². The number of hydrogen-bond acceptors (Lipinski definition) is 2. The fourth-order valence-corrected chi connectivity index (χ4v) is 3.90. The number of nitrogens with zero attached hydrogens (tertiary/aromatic N) is 2. The highest BCUT2D eigenvalue weighted by Gasteiger charge is 2.28. The van der Waals surface area contributed by atoms with Crippen LogP contribution in [0.25, 0.3) is 0 Å². The first kappa shape index (κ1) is 16.5. The Labute approximate surface area is 130 Å². The zero-order valence-corrected chi connectivity index (χ0v) is 14.4. The molecule has 0 spiro atoms. The molecule has 0 saturated heterocycles. The Hall–Kier alpha value is -0.830. The summed E-state index contributed by atoms with van der Waals surface area (Å²) in [5.41, 5.74) is 2.61. The van der Waals surface area contributed by atoms with Gasteiger partial charge < -0.3 is 5.32 Å². The minimum atomic E-state index is 0.615. The molecule has 0 aromatic carbocycles. The number of rotatable bonds is 7. The second-order valence-electron chi connectivity index (χ2n) is 6.67. The maximum Gasteiger partial charge on any atom is 0.0624 e. The summed E-state index contributed by atoms with van der Waals surface area (Å²) in [6.07, 6.45) is 9.16. The number of likely N-dealkylation sites (N-methyl/N-ethyl adjacent to an activating group) is 1. The Kier molecular flexibility index (Phi) is 6.28. The summed E-state index contributed by atoms with van der Waals surface area (Å²) >= 11 is 0. The molecular weight excluding hydrogens is 258 g/mol. The van der Waals surface area contributed by atoms with Crippen LogP contribution in [-0.4, -0.2) is 22.4 Å². The first-order valence-corrected chi connectivity index (χ1v) is 8.93. The van der Waals surface area contributed by atoms with Crippen molar-refractivity contribution in [3.63, 3.8) is 0 Å². The van der Waals surface area contributed by atoms with Gasteiger partial charge >= 0.3 is 0 Å². The first-order valence-electron chi connectivity index (χ1n) is 8.93. The molecule has 3 nitrogen and oxygen atoms in total. The molecule has 1 fully saturated rings. The van der Waals surface area contributed by atoms with Crippen LogP contribution in [0.1, 0.15) is 64.3 Å². The smallest absolute Gasteiger partial charge is 0.0624 e. The van der Waals surface area contributed by atoms with Gasteiger partial charge in [-0.25, -0.2) is 0 Å². The van der Waals surface area contributed by atoms with Crippen molar-refractivity contribution in [2.45, 2.75) is 71.8 Å². The van der Waals surface area contributed by atoms with Crippen molar-refractivity contribution in [3.8, 4) is 0 Å². The van der Waals surface area contributed by atoms with Crippen LogP contribution in [0.15, 0.2) is 6.07 Å². The molecule has 3 atom stereocenters. The van der Waals surface area contributed by atoms with Gasteiger partial charge in [0.05, 0.1) is 5.69 Å². The topological polar surface area (TPSA) is 29.9 Å². The molecule has 3 unspecified atom stereocenters. The summed E-state index contributed by atoms with van der Waals surface area (Å²) in [7, 11) is 2.09. The summed E-state index contributed by atoms with van der Waals surface area (Å²) in [6, 6.07) is 2.91. The van der Waals surface area contributed by atoms with E-state index >= 15 is 0 Å². The predicted molar refractivity (Wildman–Crippen MR) is 89.5 cm³/mol. The van der Waals surface area contributed by atoms with Crippen molar-refractivity contribution in [1.29, 1.82) is 0 Å². The van der Waals surface area contributed by atoms with E-state index in [0.29, 0.717) is 6.04 Å². The van der Waals surface area contributed by atoms with Crippen LogP contribution in [0, 0.1) is 11.8 Å². The van der Waals surface area contributed by atoms with E-state index in [1.165, 1.54) is 43.5 Å². The standard InChI is InChI=1S/C18H33N3/c1-5-14-9-8-10-15(11-14)18(19-7-3)13-17-12-16(6-2)20-21(17)4/h12,14-15,18-19H,5-11,13H2,1-4H3. The SMILES string of the molecule is CCNC(Cc1cc(CC)nn1C)C1CCCC(CC)C1. The summed E-state index contributed by atoms with van der Waals surface area (Å²) in [5.74, 6) is 1.78. The normalized spacial score (nSPS) is 24.2. The molecule has 1 aromatic heterocycles. The maximum atomic E-state index is 4.61. The molecule has 1 aliphatic rings. The van der Waals surface area contributed by atoms with Gasteiger partial charge in [-0.1, -0.05) is 40.0 Å². The second kappa shape index (κ2) is 7.98. The molecular formula is C18H33N3. The molecule has 1 saturated carbocycles. The highest BCUT2D eigenvalue weighted by Crippen LogP contribution is 2.33. The van der Waals surface area contributed by atoms with Crippen molar-refractivity contribution in [2.75, 3.05) is 6.54 Å². The van der Waals surface area contributed by atoms with Crippen LogP contribution < -0.4 is 5.32 Å². The van der Waals surface area contributed by atoms with Gasteiger partial charge in [-0.2, -0.15) is 5.10 Å². The summed E-state index contributed by atoms with van der Waals surface area (Å²) in [4.78, 5) is 0. The maximum absolute atomic E-state index is 4.61. The van der Waals surface area contributed by atoms with Crippen LogP contribution in [0.3, 0.4) is 0 Å². The van der Waals surface area contributed by atoms with Gasteiger partial charge in [-0.3, -0.25) is 4.68 Å². The lowest BCUT2D eigenvalue weighted by Crippen LogP contribution is -2.40. The Bertz CT molecular complexity index is 424. The van der Waals surface area contributed by atoms with Crippen LogP contribution in [0.2, 0.25) is 0 Å². The number of nitrogens with one attached hydrogen (secondary N) is 1. The van der Waals surface area contributed by atoms with E-state index in [1.807, 2.05) is 0 Å². The van der Waals surface area contributed by atoms with Gasteiger partial charge in [0.2, 0.25) is 0 Å². The molecule has 2 rings (SSSR count). The van der Waals surface area contributed by atoms with Gasteiger partial charge in [0.1, 0.15) is 0 Å². The Morgan fingerprint density at radius 3 is 2.76 bits per heavy atom. The molecule has 1 aliphatic carbocycles. The minimum absolute atomic E-state index is 0.615. The summed E-state index contributed by atoms with van der Waals surface area (Å²) in [6.45, 7) is 7.83. The summed E-state index contributed by atoms with van der Waals surface area (Å²) in [5, 5.41) is 8.37. The Balaban J connectivity index is 2.05. The predicted octanol–water partition coefficient (Wildman–Crippen LogP) is 3.72. The fourth-order valence-electron chi connectivity index (χ4n) is 3.90. The average Bonchev–Trinajstić information content (AvgIpc) is 2.87. The highest BCUT2D eigenvalue weighted by atomic mass is 15.3. The van der Waals surface area contributed by atoms with Crippen LogP contribution >= 0.6 is 0 Å². The molecule has 0 radical (unpaired) electrons. The van der Waals surface area contributed by atoms with E-state index in [1.54, 1.807) is 0 Å². The van der Waals surface area contributed by atoms with Crippen molar-refractivity contribution in [2.24, 2.45) is 18.9 Å². The van der Waals surface area contributed by atoms with Crippen molar-refractivity contribution in [1.82, 2.24) is 15.1 Å². The number of aromatic nitrogens is 2. The molecule has 1 N–H and O–H groups in total. The molecule has 3 heteroatoms. The van der Waals surface area contributed by atoms with Crippen molar-refractivity contribution >= 4 is 0 Å². The quantitative estimate of drug-likeness (QED) is 0.830. The van der Waals surface area contributed by atoms with E-state index < -0.39 is 0 Å². The lowest BCUT2D eigenvalue weighted by atomic mass is 9.76. The van der Waals surface area contributed by atoms with Crippen molar-refractivity contribution < 1.29 is 0 Å². The van der Waals surface area contributed by atoms with Gasteiger partial charge in [0.25, 0.3) is 0 Å². The third kappa shape index (κ3) is 4.32. The van der Waals surface area contributed by atoms with Crippen molar-refractivity contribution in [3.05, 3.63) is 17.5 Å². The monoisotopic (exact) mass is 291 g/mol. The zero-order valence-electron chi connectivity index (χ0n) is 14.4. The van der Waals surface area contributed by atoms with Crippen LogP contribution in [-0.2, 0) is 19.9 Å². The molecule has 120 valence electrons. The highest BCUT2D eigenvalue weighted by molar-refractivity contribution is 5.12. The Morgan fingerprint density at radius 1 is 1.33 bits per heavy atom. The van der Waals surface area contributed by atoms with E-state index in [4.69, 9.17) is 0 Å². The molecule has 21 heavy (non-hydrogen) atoms. The largest absolute Gasteiger partial charge is 0.314 e. The summed E-state index contributed by atoms with van der Waals surface area (Å²) < 4.78 is 2.09. The van der Waals surface area contributed by atoms with E-state index in [-0.39, 0.29) is 0 Å².